The van der Waals surface area contributed by atoms with Crippen molar-refractivity contribution in [2.45, 2.75) is 32.6 Å². The molecule has 17 heavy (non-hydrogen) atoms. The molecule has 2 aliphatic rings. The average Bonchev–Trinajstić information content (AvgIpc) is 2.96. The molecule has 0 N–H and O–H groups in total. The van der Waals surface area contributed by atoms with Gasteiger partial charge in [0.05, 0.1) is 18.0 Å². The SMILES string of the molecule is CC1CCc2sc(C(=O)N3CCCO3)cc2C1. The molecule has 3 nitrogen and oxygen atoms in total. The van der Waals surface area contributed by atoms with Crippen LogP contribution in [0.3, 0.4) is 0 Å². The number of thiophene rings is 1. The summed E-state index contributed by atoms with van der Waals surface area (Å²) in [7, 11) is 0. The van der Waals surface area contributed by atoms with Crippen LogP contribution in [-0.2, 0) is 17.7 Å². The van der Waals surface area contributed by atoms with Gasteiger partial charge in [0, 0.05) is 4.88 Å². The van der Waals surface area contributed by atoms with Crippen LogP contribution in [0.15, 0.2) is 6.07 Å². The predicted molar refractivity (Wildman–Crippen MR) is 67.1 cm³/mol. The minimum atomic E-state index is 0.0505. The Morgan fingerprint density at radius 3 is 3.24 bits per heavy atom. The van der Waals surface area contributed by atoms with Crippen molar-refractivity contribution in [1.82, 2.24) is 5.06 Å². The maximum absolute atomic E-state index is 12.2. The number of nitrogens with zero attached hydrogens (tertiary/aromatic N) is 1. The molecule has 0 saturated carbocycles. The lowest BCUT2D eigenvalue weighted by atomic mass is 9.90. The number of hydrogen-bond donors (Lipinski definition) is 0. The molecule has 0 radical (unpaired) electrons. The number of hydrogen-bond acceptors (Lipinski definition) is 3. The molecule has 1 atom stereocenters. The van der Waals surface area contributed by atoms with E-state index in [0.717, 1.165) is 36.6 Å². The van der Waals surface area contributed by atoms with Gasteiger partial charge >= 0.3 is 0 Å². The van der Waals surface area contributed by atoms with Crippen LogP contribution in [0.2, 0.25) is 0 Å². The Hall–Kier alpha value is -0.870. The predicted octanol–water partition coefficient (Wildman–Crippen LogP) is 2.65. The number of aryl methyl sites for hydroxylation is 1. The van der Waals surface area contributed by atoms with E-state index in [1.54, 1.807) is 11.3 Å². The highest BCUT2D eigenvalue weighted by atomic mass is 32.1. The summed E-state index contributed by atoms with van der Waals surface area (Å²) in [6.45, 7) is 3.69. The van der Waals surface area contributed by atoms with E-state index in [1.807, 2.05) is 0 Å². The summed E-state index contributed by atoms with van der Waals surface area (Å²) in [5.41, 5.74) is 1.39. The van der Waals surface area contributed by atoms with Gasteiger partial charge in [0.2, 0.25) is 0 Å². The Labute approximate surface area is 105 Å². The highest BCUT2D eigenvalue weighted by Crippen LogP contribution is 2.33. The summed E-state index contributed by atoms with van der Waals surface area (Å²) in [6.07, 6.45) is 4.46. The van der Waals surface area contributed by atoms with E-state index in [9.17, 15) is 4.79 Å². The summed E-state index contributed by atoms with van der Waals surface area (Å²) >= 11 is 1.66. The quantitative estimate of drug-likeness (QED) is 0.768. The number of carbonyl (C=O) groups is 1. The van der Waals surface area contributed by atoms with E-state index >= 15 is 0 Å². The molecule has 0 bridgehead atoms. The number of hydroxylamine groups is 2. The maximum atomic E-state index is 12.2. The molecule has 1 aliphatic heterocycles. The van der Waals surface area contributed by atoms with E-state index in [-0.39, 0.29) is 5.91 Å². The molecule has 1 aromatic rings. The number of carbonyl (C=O) groups excluding carboxylic acids is 1. The van der Waals surface area contributed by atoms with Crippen LogP contribution >= 0.6 is 11.3 Å². The summed E-state index contributed by atoms with van der Waals surface area (Å²) in [5, 5.41) is 1.51. The van der Waals surface area contributed by atoms with E-state index in [2.05, 4.69) is 13.0 Å². The molecule has 1 aromatic heterocycles. The van der Waals surface area contributed by atoms with Crippen LogP contribution in [0, 0.1) is 5.92 Å². The fourth-order valence-electron chi connectivity index (χ4n) is 2.54. The van der Waals surface area contributed by atoms with Crippen LogP contribution in [0.5, 0.6) is 0 Å². The van der Waals surface area contributed by atoms with Crippen molar-refractivity contribution < 1.29 is 9.63 Å². The standard InChI is InChI=1S/C13H17NO2S/c1-9-3-4-11-10(7-9)8-12(17-11)13(15)14-5-2-6-16-14/h8-9H,2-7H2,1H3. The van der Waals surface area contributed by atoms with Crippen LogP contribution in [-0.4, -0.2) is 24.1 Å². The molecule has 0 aromatic carbocycles. The summed E-state index contributed by atoms with van der Waals surface area (Å²) in [5.74, 6) is 0.803. The smallest absolute Gasteiger partial charge is 0.271 e. The van der Waals surface area contributed by atoms with Crippen molar-refractivity contribution >= 4 is 17.2 Å². The van der Waals surface area contributed by atoms with Gasteiger partial charge in [-0.1, -0.05) is 6.92 Å². The lowest BCUT2D eigenvalue weighted by Gasteiger charge is -2.16. The van der Waals surface area contributed by atoms with Gasteiger partial charge in [-0.25, -0.2) is 5.06 Å². The normalized spacial score (nSPS) is 23.8. The van der Waals surface area contributed by atoms with Gasteiger partial charge in [0.1, 0.15) is 0 Å². The monoisotopic (exact) mass is 251 g/mol. The molecular weight excluding hydrogens is 234 g/mol. The van der Waals surface area contributed by atoms with Crippen LogP contribution in [0.4, 0.5) is 0 Å². The van der Waals surface area contributed by atoms with Crippen LogP contribution < -0.4 is 0 Å². The maximum Gasteiger partial charge on any atom is 0.287 e. The molecule has 0 spiro atoms. The van der Waals surface area contributed by atoms with Gasteiger partial charge in [0.15, 0.2) is 0 Å². The average molecular weight is 251 g/mol. The third-order valence-electron chi connectivity index (χ3n) is 3.52. The molecule has 1 amide bonds. The van der Waals surface area contributed by atoms with Crippen molar-refractivity contribution in [3.8, 4) is 0 Å². The van der Waals surface area contributed by atoms with Gasteiger partial charge in [-0.3, -0.25) is 9.63 Å². The third kappa shape index (κ3) is 2.11. The Bertz CT molecular complexity index is 435. The lowest BCUT2D eigenvalue weighted by molar-refractivity contribution is -0.0765. The first-order chi connectivity index (χ1) is 8.24. The molecule has 3 rings (SSSR count). The first-order valence-electron chi connectivity index (χ1n) is 6.30. The Kier molecular flexibility index (Phi) is 2.92. The fourth-order valence-corrected chi connectivity index (χ4v) is 3.69. The van der Waals surface area contributed by atoms with Gasteiger partial charge in [-0.05, 0) is 43.2 Å². The van der Waals surface area contributed by atoms with Gasteiger partial charge in [-0.15, -0.1) is 11.3 Å². The Morgan fingerprint density at radius 2 is 2.47 bits per heavy atom. The number of amides is 1. The molecular formula is C13H17NO2S. The molecule has 92 valence electrons. The number of fused-ring (bicyclic) bond motifs is 1. The molecule has 1 saturated heterocycles. The van der Waals surface area contributed by atoms with Crippen LogP contribution in [0.25, 0.3) is 0 Å². The van der Waals surface area contributed by atoms with Gasteiger partial charge < -0.3 is 0 Å². The molecule has 2 heterocycles. The van der Waals surface area contributed by atoms with Gasteiger partial charge in [0.25, 0.3) is 5.91 Å². The lowest BCUT2D eigenvalue weighted by Crippen LogP contribution is -2.25. The van der Waals surface area contributed by atoms with E-state index in [4.69, 9.17) is 4.84 Å². The largest absolute Gasteiger partial charge is 0.287 e. The Balaban J connectivity index is 1.82. The van der Waals surface area contributed by atoms with Crippen molar-refractivity contribution in [1.29, 1.82) is 0 Å². The van der Waals surface area contributed by atoms with Crippen LogP contribution in [0.1, 0.15) is 39.9 Å². The fraction of sp³-hybridized carbons (Fsp3) is 0.615. The first-order valence-corrected chi connectivity index (χ1v) is 7.12. The third-order valence-corrected chi connectivity index (χ3v) is 4.74. The van der Waals surface area contributed by atoms with E-state index in [0.29, 0.717) is 6.61 Å². The zero-order chi connectivity index (χ0) is 11.8. The second kappa shape index (κ2) is 4.42. The second-order valence-corrected chi connectivity index (χ2v) is 6.14. The van der Waals surface area contributed by atoms with Crippen molar-refractivity contribution in [3.63, 3.8) is 0 Å². The van der Waals surface area contributed by atoms with Crippen molar-refractivity contribution in [3.05, 3.63) is 21.4 Å². The second-order valence-electron chi connectivity index (χ2n) is 5.00. The number of rotatable bonds is 1. The van der Waals surface area contributed by atoms with E-state index < -0.39 is 0 Å². The minimum absolute atomic E-state index is 0.0505. The highest BCUT2D eigenvalue weighted by Gasteiger charge is 2.25. The van der Waals surface area contributed by atoms with Crippen molar-refractivity contribution in [2.24, 2.45) is 5.92 Å². The summed E-state index contributed by atoms with van der Waals surface area (Å²) in [6, 6.07) is 2.08. The minimum Gasteiger partial charge on any atom is -0.271 e. The zero-order valence-electron chi connectivity index (χ0n) is 10.1. The molecule has 4 heteroatoms. The summed E-state index contributed by atoms with van der Waals surface area (Å²) in [4.78, 5) is 19.7. The first kappa shape index (κ1) is 11.2. The zero-order valence-corrected chi connectivity index (χ0v) is 10.9. The summed E-state index contributed by atoms with van der Waals surface area (Å²) < 4.78 is 0. The molecule has 1 fully saturated rings. The Morgan fingerprint density at radius 1 is 1.59 bits per heavy atom. The van der Waals surface area contributed by atoms with E-state index in [1.165, 1.54) is 21.9 Å². The topological polar surface area (TPSA) is 29.5 Å². The highest BCUT2D eigenvalue weighted by molar-refractivity contribution is 7.14. The molecule has 1 unspecified atom stereocenters. The molecule has 1 aliphatic carbocycles. The van der Waals surface area contributed by atoms with Gasteiger partial charge in [-0.2, -0.15) is 0 Å². The van der Waals surface area contributed by atoms with Crippen molar-refractivity contribution in [2.75, 3.05) is 13.2 Å².